The van der Waals surface area contributed by atoms with Crippen LogP contribution in [0.15, 0.2) is 73.2 Å². The quantitative estimate of drug-likeness (QED) is 0.377. The van der Waals surface area contributed by atoms with Crippen LogP contribution in [0.25, 0.3) is 44.8 Å². The van der Waals surface area contributed by atoms with E-state index in [1.807, 2.05) is 55.5 Å². The van der Waals surface area contributed by atoms with Gasteiger partial charge in [0.15, 0.2) is 0 Å². The first-order chi connectivity index (χ1) is 17.1. The van der Waals surface area contributed by atoms with Crippen LogP contribution in [-0.4, -0.2) is 50.1 Å². The number of aromatic amines is 1. The van der Waals surface area contributed by atoms with E-state index in [0.29, 0.717) is 18.8 Å². The Labute approximate surface area is 201 Å². The van der Waals surface area contributed by atoms with Crippen LogP contribution >= 0.6 is 0 Å². The fourth-order valence-electron chi connectivity index (χ4n) is 4.08. The average Bonchev–Trinajstić information content (AvgIpc) is 3.36. The minimum atomic E-state index is -0.412. The number of H-pyrrole nitrogens is 1. The second kappa shape index (κ2) is 8.73. The molecule has 4 aromatic heterocycles. The third-order valence-corrected chi connectivity index (χ3v) is 6.01. The van der Waals surface area contributed by atoms with Gasteiger partial charge in [-0.15, -0.1) is 0 Å². The molecular weight excluding hydrogens is 440 g/mol. The third-order valence-electron chi connectivity index (χ3n) is 6.01. The molecule has 6 rings (SSSR count). The van der Waals surface area contributed by atoms with Crippen molar-refractivity contribution in [3.63, 3.8) is 0 Å². The Hall–Kier alpha value is -4.43. The fourth-order valence-corrected chi connectivity index (χ4v) is 4.08. The van der Waals surface area contributed by atoms with Crippen LogP contribution in [0.5, 0.6) is 0 Å². The summed E-state index contributed by atoms with van der Waals surface area (Å²) >= 11 is 0. The largest absolute Gasteiger partial charge is 0.455 e. The van der Waals surface area contributed by atoms with E-state index in [-0.39, 0.29) is 11.8 Å². The summed E-state index contributed by atoms with van der Waals surface area (Å²) in [6, 6.07) is 19.3. The van der Waals surface area contributed by atoms with Crippen molar-refractivity contribution < 1.29 is 9.53 Å². The van der Waals surface area contributed by atoms with Gasteiger partial charge >= 0.3 is 5.97 Å². The van der Waals surface area contributed by atoms with Crippen molar-refractivity contribution in [2.24, 2.45) is 0 Å². The monoisotopic (exact) mass is 462 g/mol. The van der Waals surface area contributed by atoms with Gasteiger partial charge in [-0.3, -0.25) is 9.97 Å². The van der Waals surface area contributed by atoms with Crippen LogP contribution < -0.4 is 5.32 Å². The van der Waals surface area contributed by atoms with Gasteiger partial charge in [0.2, 0.25) is 0 Å². The highest BCUT2D eigenvalue weighted by Gasteiger charge is 2.22. The van der Waals surface area contributed by atoms with Gasteiger partial charge in [-0.05, 0) is 49.4 Å². The lowest BCUT2D eigenvalue weighted by molar-refractivity contribution is 0.0163. The van der Waals surface area contributed by atoms with E-state index in [1.54, 1.807) is 18.6 Å². The molecule has 172 valence electrons. The molecule has 0 saturated carbocycles. The van der Waals surface area contributed by atoms with Crippen LogP contribution in [-0.2, 0) is 4.74 Å². The number of hydrogen-bond donors (Lipinski definition) is 2. The molecular formula is C27H22N6O2. The average molecular weight is 463 g/mol. The summed E-state index contributed by atoms with van der Waals surface area (Å²) in [6.07, 6.45) is 3.36. The third kappa shape index (κ3) is 4.15. The highest BCUT2D eigenvalue weighted by Crippen LogP contribution is 2.31. The molecule has 5 aromatic rings. The number of ether oxygens (including phenoxy) is 1. The topological polar surface area (TPSA) is 106 Å². The van der Waals surface area contributed by atoms with Crippen molar-refractivity contribution in [1.82, 2.24) is 30.2 Å². The number of imidazole rings is 1. The predicted molar refractivity (Wildman–Crippen MR) is 133 cm³/mol. The second-order valence-corrected chi connectivity index (χ2v) is 8.52. The maximum Gasteiger partial charge on any atom is 0.357 e. The van der Waals surface area contributed by atoms with E-state index in [2.05, 4.69) is 36.3 Å². The summed E-state index contributed by atoms with van der Waals surface area (Å²) < 4.78 is 5.45. The standard InChI is InChI=1S/C27H22N6O2/c1-16-4-2-6-23(32-16)26-25(30-15-31-26)17-8-9-21-18(10-17)11-19(12-29-21)22-5-3-7-24(33-22)27(34)35-20-13-28-14-20/h2-12,15,20,28H,13-14H2,1H3,(H,30,31). The zero-order valence-corrected chi connectivity index (χ0v) is 19.0. The molecule has 1 aliphatic heterocycles. The number of aryl methyl sites for hydroxylation is 1. The van der Waals surface area contributed by atoms with Crippen LogP contribution in [0.4, 0.5) is 0 Å². The SMILES string of the molecule is Cc1cccc(-c2[nH]cnc2-c2ccc3ncc(-c4cccc(C(=O)OC5CNC5)n4)cc3c2)n1. The van der Waals surface area contributed by atoms with Crippen molar-refractivity contribution in [2.45, 2.75) is 13.0 Å². The van der Waals surface area contributed by atoms with Gasteiger partial charge in [-0.25, -0.2) is 14.8 Å². The normalized spacial score (nSPS) is 13.5. The van der Waals surface area contributed by atoms with Gasteiger partial charge in [-0.2, -0.15) is 0 Å². The first-order valence-electron chi connectivity index (χ1n) is 11.4. The summed E-state index contributed by atoms with van der Waals surface area (Å²) in [5, 5.41) is 4.03. The van der Waals surface area contributed by atoms with E-state index in [9.17, 15) is 4.79 Å². The first kappa shape index (κ1) is 21.1. The van der Waals surface area contributed by atoms with Gasteiger partial charge in [0, 0.05) is 41.5 Å². The minimum absolute atomic E-state index is 0.0874. The number of fused-ring (bicyclic) bond motifs is 1. The van der Waals surface area contributed by atoms with E-state index in [1.165, 1.54) is 0 Å². The second-order valence-electron chi connectivity index (χ2n) is 8.52. The molecule has 1 aliphatic rings. The lowest BCUT2D eigenvalue weighted by atomic mass is 10.0. The Kier molecular flexibility index (Phi) is 5.27. The number of hydrogen-bond acceptors (Lipinski definition) is 7. The van der Waals surface area contributed by atoms with Crippen molar-refractivity contribution in [3.8, 4) is 33.9 Å². The van der Waals surface area contributed by atoms with E-state index < -0.39 is 5.97 Å². The molecule has 1 saturated heterocycles. The molecule has 0 bridgehead atoms. The Morgan fingerprint density at radius 1 is 0.943 bits per heavy atom. The Bertz CT molecular complexity index is 1560. The van der Waals surface area contributed by atoms with Crippen molar-refractivity contribution in [3.05, 3.63) is 84.6 Å². The van der Waals surface area contributed by atoms with Crippen LogP contribution in [0, 0.1) is 6.92 Å². The Morgan fingerprint density at radius 2 is 1.77 bits per heavy atom. The highest BCUT2D eigenvalue weighted by molar-refractivity contribution is 5.90. The summed E-state index contributed by atoms with van der Waals surface area (Å²) in [7, 11) is 0. The molecule has 0 aliphatic carbocycles. The molecule has 0 amide bonds. The minimum Gasteiger partial charge on any atom is -0.455 e. The molecule has 5 heterocycles. The van der Waals surface area contributed by atoms with Gasteiger partial charge in [0.25, 0.3) is 0 Å². The summed E-state index contributed by atoms with van der Waals surface area (Å²) in [4.78, 5) is 34.0. The number of pyridine rings is 3. The van der Waals surface area contributed by atoms with E-state index in [0.717, 1.165) is 44.8 Å². The van der Waals surface area contributed by atoms with Gasteiger partial charge < -0.3 is 15.0 Å². The van der Waals surface area contributed by atoms with Crippen LogP contribution in [0.2, 0.25) is 0 Å². The molecule has 1 aromatic carbocycles. The van der Waals surface area contributed by atoms with Crippen molar-refractivity contribution >= 4 is 16.9 Å². The maximum atomic E-state index is 12.4. The molecule has 0 radical (unpaired) electrons. The number of nitrogens with zero attached hydrogens (tertiary/aromatic N) is 4. The number of rotatable bonds is 5. The molecule has 0 atom stereocenters. The molecule has 8 heteroatoms. The van der Waals surface area contributed by atoms with Gasteiger partial charge in [0.05, 0.1) is 34.6 Å². The van der Waals surface area contributed by atoms with Gasteiger partial charge in [0.1, 0.15) is 11.8 Å². The summed E-state index contributed by atoms with van der Waals surface area (Å²) in [6.45, 7) is 3.33. The zero-order valence-electron chi connectivity index (χ0n) is 19.0. The number of benzene rings is 1. The lowest BCUT2D eigenvalue weighted by Gasteiger charge is -2.26. The first-order valence-corrected chi connectivity index (χ1v) is 11.4. The predicted octanol–water partition coefficient (Wildman–Crippen LogP) is 4.19. The number of esters is 1. The molecule has 1 fully saturated rings. The lowest BCUT2D eigenvalue weighted by Crippen LogP contribution is -2.49. The zero-order chi connectivity index (χ0) is 23.8. The molecule has 8 nitrogen and oxygen atoms in total. The van der Waals surface area contributed by atoms with Crippen molar-refractivity contribution in [2.75, 3.05) is 13.1 Å². The van der Waals surface area contributed by atoms with E-state index >= 15 is 0 Å². The Morgan fingerprint density at radius 3 is 2.60 bits per heavy atom. The van der Waals surface area contributed by atoms with E-state index in [4.69, 9.17) is 4.74 Å². The molecule has 35 heavy (non-hydrogen) atoms. The summed E-state index contributed by atoms with van der Waals surface area (Å²) in [5.74, 6) is -0.412. The number of nitrogens with one attached hydrogen (secondary N) is 2. The Balaban J connectivity index is 1.34. The van der Waals surface area contributed by atoms with Crippen LogP contribution in [0.1, 0.15) is 16.2 Å². The number of aromatic nitrogens is 5. The van der Waals surface area contributed by atoms with Crippen LogP contribution in [0.3, 0.4) is 0 Å². The summed E-state index contributed by atoms with van der Waals surface area (Å²) in [5.41, 5.74) is 7.05. The smallest absolute Gasteiger partial charge is 0.357 e. The molecule has 2 N–H and O–H groups in total. The maximum absolute atomic E-state index is 12.4. The molecule has 0 unspecified atom stereocenters. The highest BCUT2D eigenvalue weighted by atomic mass is 16.5. The fraction of sp³-hybridized carbons (Fsp3) is 0.148. The van der Waals surface area contributed by atoms with Crippen molar-refractivity contribution in [1.29, 1.82) is 0 Å². The number of carbonyl (C=O) groups is 1. The van der Waals surface area contributed by atoms with Gasteiger partial charge in [-0.1, -0.05) is 18.2 Å². The number of carbonyl (C=O) groups excluding carboxylic acids is 1. The molecule has 0 spiro atoms.